The predicted octanol–water partition coefficient (Wildman–Crippen LogP) is 4.85. The Balaban J connectivity index is 1.65. The Kier molecular flexibility index (Phi) is 7.69. The van der Waals surface area contributed by atoms with Gasteiger partial charge in [0.15, 0.2) is 0 Å². The lowest BCUT2D eigenvalue weighted by molar-refractivity contribution is 0.198. The van der Waals surface area contributed by atoms with E-state index in [9.17, 15) is 9.18 Å². The van der Waals surface area contributed by atoms with E-state index in [0.717, 1.165) is 36.5 Å². The van der Waals surface area contributed by atoms with Crippen molar-refractivity contribution in [3.05, 3.63) is 59.9 Å². The van der Waals surface area contributed by atoms with Crippen LogP contribution >= 0.6 is 0 Å². The molecule has 1 aliphatic rings. The maximum Gasteiger partial charge on any atom is 0.322 e. The summed E-state index contributed by atoms with van der Waals surface area (Å²) < 4.78 is 19.0. The summed E-state index contributed by atoms with van der Waals surface area (Å²) in [6.07, 6.45) is 1.07. The van der Waals surface area contributed by atoms with Gasteiger partial charge in [-0.15, -0.1) is 0 Å². The van der Waals surface area contributed by atoms with Crippen LogP contribution in [0.25, 0.3) is 0 Å². The number of benzene rings is 2. The van der Waals surface area contributed by atoms with Gasteiger partial charge in [0, 0.05) is 25.3 Å². The van der Waals surface area contributed by atoms with Crippen molar-refractivity contribution in [1.82, 2.24) is 9.80 Å². The van der Waals surface area contributed by atoms with E-state index in [4.69, 9.17) is 4.74 Å². The van der Waals surface area contributed by atoms with E-state index in [1.807, 2.05) is 29.2 Å². The quantitative estimate of drug-likeness (QED) is 0.673. The summed E-state index contributed by atoms with van der Waals surface area (Å²) >= 11 is 0. The fourth-order valence-electron chi connectivity index (χ4n) is 3.62. The number of rotatable bonds is 8. The molecule has 2 amide bonds. The number of carbonyl (C=O) groups excluding carboxylic acids is 1. The Labute approximate surface area is 178 Å². The summed E-state index contributed by atoms with van der Waals surface area (Å²) in [6, 6.07) is 13.6. The molecule has 162 valence electrons. The molecule has 0 spiro atoms. The number of hydrogen-bond donors (Lipinski definition) is 1. The van der Waals surface area contributed by atoms with E-state index in [1.54, 1.807) is 12.1 Å². The first-order valence-electron chi connectivity index (χ1n) is 10.6. The molecular formula is C24H32FN3O2. The summed E-state index contributed by atoms with van der Waals surface area (Å²) in [5.74, 6) is 1.41. The van der Waals surface area contributed by atoms with E-state index in [1.165, 1.54) is 12.1 Å². The van der Waals surface area contributed by atoms with Crippen LogP contribution in [0.3, 0.4) is 0 Å². The third-order valence-corrected chi connectivity index (χ3v) is 5.23. The highest BCUT2D eigenvalue weighted by molar-refractivity contribution is 5.89. The molecule has 0 saturated carbocycles. The van der Waals surface area contributed by atoms with Crippen LogP contribution in [0.1, 0.15) is 25.8 Å². The van der Waals surface area contributed by atoms with Crippen molar-refractivity contribution in [1.29, 1.82) is 0 Å². The molecule has 0 radical (unpaired) electrons. The van der Waals surface area contributed by atoms with Gasteiger partial charge in [-0.05, 0) is 73.8 Å². The van der Waals surface area contributed by atoms with Gasteiger partial charge in [0.05, 0.1) is 6.61 Å². The second kappa shape index (κ2) is 10.4. The number of ether oxygens (including phenoxy) is 1. The number of anilines is 1. The maximum atomic E-state index is 13.3. The van der Waals surface area contributed by atoms with Gasteiger partial charge in [0.1, 0.15) is 11.6 Å². The summed E-state index contributed by atoms with van der Waals surface area (Å²) in [5.41, 5.74) is 1.64. The van der Waals surface area contributed by atoms with Crippen LogP contribution < -0.4 is 10.1 Å². The van der Waals surface area contributed by atoms with Crippen LogP contribution in [0, 0.1) is 17.7 Å². The van der Waals surface area contributed by atoms with Crippen LogP contribution in [-0.4, -0.2) is 49.1 Å². The molecule has 30 heavy (non-hydrogen) atoms. The Morgan fingerprint density at radius 1 is 1.20 bits per heavy atom. The van der Waals surface area contributed by atoms with Gasteiger partial charge in [0.25, 0.3) is 0 Å². The summed E-state index contributed by atoms with van der Waals surface area (Å²) in [6.45, 7) is 8.01. The SMILES string of the molecule is CC(C)COc1ccc(NC(=O)N(Cc2ccc(F)cc2)C[C@@H]2CCN(C)C2)cc1. The lowest BCUT2D eigenvalue weighted by Gasteiger charge is -2.26. The van der Waals surface area contributed by atoms with E-state index >= 15 is 0 Å². The highest BCUT2D eigenvalue weighted by Crippen LogP contribution is 2.20. The van der Waals surface area contributed by atoms with Crippen LogP contribution in [0.15, 0.2) is 48.5 Å². The Bertz CT molecular complexity index is 808. The second-order valence-electron chi connectivity index (χ2n) is 8.58. The minimum atomic E-state index is -0.271. The Morgan fingerprint density at radius 2 is 1.90 bits per heavy atom. The molecule has 1 atom stereocenters. The number of carbonyl (C=O) groups is 1. The molecule has 1 heterocycles. The van der Waals surface area contributed by atoms with Crippen molar-refractivity contribution < 1.29 is 13.9 Å². The van der Waals surface area contributed by atoms with Crippen molar-refractivity contribution in [3.63, 3.8) is 0 Å². The molecule has 2 aromatic rings. The molecule has 0 unspecified atom stereocenters. The lowest BCUT2D eigenvalue weighted by atomic mass is 10.1. The fraction of sp³-hybridized carbons (Fsp3) is 0.458. The molecule has 2 aromatic carbocycles. The zero-order valence-electron chi connectivity index (χ0n) is 18.1. The molecule has 0 aliphatic carbocycles. The first kappa shape index (κ1) is 22.1. The van der Waals surface area contributed by atoms with Crippen molar-refractivity contribution >= 4 is 11.7 Å². The number of nitrogens with one attached hydrogen (secondary N) is 1. The summed E-state index contributed by atoms with van der Waals surface area (Å²) in [5, 5.41) is 2.99. The number of halogens is 1. The minimum Gasteiger partial charge on any atom is -0.493 e. The monoisotopic (exact) mass is 413 g/mol. The molecule has 5 nitrogen and oxygen atoms in total. The highest BCUT2D eigenvalue weighted by atomic mass is 19.1. The normalized spacial score (nSPS) is 16.6. The van der Waals surface area contributed by atoms with Crippen molar-refractivity contribution in [2.45, 2.75) is 26.8 Å². The molecule has 1 saturated heterocycles. The van der Waals surface area contributed by atoms with Crippen molar-refractivity contribution in [3.8, 4) is 5.75 Å². The van der Waals surface area contributed by atoms with Crippen LogP contribution in [0.2, 0.25) is 0 Å². The van der Waals surface area contributed by atoms with Gasteiger partial charge >= 0.3 is 6.03 Å². The van der Waals surface area contributed by atoms with Crippen LogP contribution in [0.4, 0.5) is 14.9 Å². The third kappa shape index (κ3) is 6.73. The summed E-state index contributed by atoms with van der Waals surface area (Å²) in [4.78, 5) is 17.2. The number of urea groups is 1. The van der Waals surface area contributed by atoms with Crippen molar-refractivity contribution in [2.75, 3.05) is 38.6 Å². The zero-order chi connectivity index (χ0) is 21.5. The molecule has 3 rings (SSSR count). The largest absolute Gasteiger partial charge is 0.493 e. The standard InChI is InChI=1S/C24H32FN3O2/c1-18(2)17-30-23-10-8-22(9-11-23)26-24(29)28(16-20-12-13-27(3)14-20)15-19-4-6-21(25)7-5-19/h4-11,18,20H,12-17H2,1-3H3,(H,26,29)/t20-/m1/s1. The van der Waals surface area contributed by atoms with Crippen molar-refractivity contribution in [2.24, 2.45) is 11.8 Å². The Hall–Kier alpha value is -2.60. The number of amides is 2. The third-order valence-electron chi connectivity index (χ3n) is 5.23. The molecule has 0 bridgehead atoms. The minimum absolute atomic E-state index is 0.148. The average Bonchev–Trinajstić information content (AvgIpc) is 3.13. The van der Waals surface area contributed by atoms with Gasteiger partial charge in [-0.25, -0.2) is 9.18 Å². The number of nitrogens with zero attached hydrogens (tertiary/aromatic N) is 2. The van der Waals surface area contributed by atoms with Crippen LogP contribution in [-0.2, 0) is 6.54 Å². The first-order valence-corrected chi connectivity index (χ1v) is 10.6. The maximum absolute atomic E-state index is 13.3. The Morgan fingerprint density at radius 3 is 2.50 bits per heavy atom. The molecule has 1 aliphatic heterocycles. The van der Waals surface area contributed by atoms with Crippen LogP contribution in [0.5, 0.6) is 5.75 Å². The molecule has 1 N–H and O–H groups in total. The smallest absolute Gasteiger partial charge is 0.322 e. The van der Waals surface area contributed by atoms with Gasteiger partial charge in [-0.2, -0.15) is 0 Å². The average molecular weight is 414 g/mol. The van der Waals surface area contributed by atoms with Gasteiger partial charge < -0.3 is 19.9 Å². The van der Waals surface area contributed by atoms with E-state index in [0.29, 0.717) is 31.5 Å². The highest BCUT2D eigenvalue weighted by Gasteiger charge is 2.24. The van der Waals surface area contributed by atoms with E-state index in [-0.39, 0.29) is 11.8 Å². The zero-order valence-corrected chi connectivity index (χ0v) is 18.1. The summed E-state index contributed by atoms with van der Waals surface area (Å²) in [7, 11) is 2.10. The van der Waals surface area contributed by atoms with E-state index in [2.05, 4.69) is 31.1 Å². The predicted molar refractivity (Wildman–Crippen MR) is 118 cm³/mol. The van der Waals surface area contributed by atoms with Gasteiger partial charge in [-0.3, -0.25) is 0 Å². The topological polar surface area (TPSA) is 44.8 Å². The lowest BCUT2D eigenvalue weighted by Crippen LogP contribution is -2.38. The first-order chi connectivity index (χ1) is 14.4. The number of hydrogen-bond acceptors (Lipinski definition) is 3. The van der Waals surface area contributed by atoms with Gasteiger partial charge in [0.2, 0.25) is 0 Å². The second-order valence-corrected chi connectivity index (χ2v) is 8.58. The molecule has 0 aromatic heterocycles. The number of likely N-dealkylation sites (tertiary alicyclic amines) is 1. The molecule has 6 heteroatoms. The molecular weight excluding hydrogens is 381 g/mol. The molecule has 1 fully saturated rings. The van der Waals surface area contributed by atoms with E-state index < -0.39 is 0 Å². The fourth-order valence-corrected chi connectivity index (χ4v) is 3.62. The van der Waals surface area contributed by atoms with Gasteiger partial charge in [-0.1, -0.05) is 26.0 Å².